The number of nitrogens with zero attached hydrogens (tertiary/aromatic N) is 3. The molecule has 39 heavy (non-hydrogen) atoms. The minimum absolute atomic E-state index is 0.532. The molecule has 0 aliphatic rings. The summed E-state index contributed by atoms with van der Waals surface area (Å²) in [5.41, 5.74) is 5.86. The van der Waals surface area contributed by atoms with E-state index in [-0.39, 0.29) is 0 Å². The van der Waals surface area contributed by atoms with Gasteiger partial charge in [0.05, 0.1) is 22.9 Å². The highest BCUT2D eigenvalue weighted by Crippen LogP contribution is 2.39. The number of fused-ring (bicyclic) bond motifs is 2. The number of hydrogen-bond donors (Lipinski definition) is 0. The first kappa shape index (κ1) is 23.7. The normalized spacial score (nSPS) is 11.2. The molecule has 0 aromatic heterocycles. The van der Waals surface area contributed by atoms with E-state index in [1.165, 1.54) is 0 Å². The second kappa shape index (κ2) is 10.4. The van der Waals surface area contributed by atoms with Gasteiger partial charge in [-0.25, -0.2) is 0 Å². The minimum Gasteiger partial charge on any atom is -0.310 e. The van der Waals surface area contributed by atoms with Gasteiger partial charge < -0.3 is 4.90 Å². The summed E-state index contributed by atoms with van der Waals surface area (Å²) in [5, 5.41) is 23.9. The Hall–Kier alpha value is -5.64. The first-order chi connectivity index (χ1) is 19.3. The molecular weight excluding hydrogens is 474 g/mol. The summed E-state index contributed by atoms with van der Waals surface area (Å²) in [4.78, 5) is 2.20. The van der Waals surface area contributed by atoms with Crippen LogP contribution in [0.25, 0.3) is 33.3 Å². The zero-order valence-electron chi connectivity index (χ0n) is 21.1. The topological polar surface area (TPSA) is 50.8 Å². The molecule has 6 aromatic rings. The molecule has 0 aliphatic heterocycles. The number of para-hydroxylation sites is 2. The van der Waals surface area contributed by atoms with Crippen LogP contribution in [0.2, 0.25) is 0 Å². The third kappa shape index (κ3) is 4.51. The molecule has 0 saturated carbocycles. The largest absolute Gasteiger partial charge is 0.310 e. The van der Waals surface area contributed by atoms with Crippen molar-refractivity contribution in [3.63, 3.8) is 0 Å². The Morgan fingerprint density at radius 1 is 0.564 bits per heavy atom. The van der Waals surface area contributed by atoms with Gasteiger partial charge in [0.1, 0.15) is 6.07 Å². The van der Waals surface area contributed by atoms with Gasteiger partial charge in [-0.1, -0.05) is 91.0 Å². The fourth-order valence-corrected chi connectivity index (χ4v) is 5.09. The standard InChI is InChI=1S/C36H23N3/c37-24-29-21-28(23-34-33(29)22-27-14-10-11-19-32(27)35(34)25-38)36(20-26-12-4-1-5-13-26)39(30-15-6-2-7-16-30)31-17-8-3-9-18-31/h1-23H. The van der Waals surface area contributed by atoms with Gasteiger partial charge in [0.2, 0.25) is 0 Å². The highest BCUT2D eigenvalue weighted by Gasteiger charge is 2.20. The predicted molar refractivity (Wildman–Crippen MR) is 160 cm³/mol. The molecule has 0 amide bonds. The van der Waals surface area contributed by atoms with Crippen molar-refractivity contribution in [1.29, 1.82) is 10.5 Å². The van der Waals surface area contributed by atoms with Gasteiger partial charge in [0.25, 0.3) is 0 Å². The molecule has 0 aliphatic carbocycles. The van der Waals surface area contributed by atoms with Crippen molar-refractivity contribution in [3.8, 4) is 12.1 Å². The molecule has 3 heteroatoms. The van der Waals surface area contributed by atoms with Crippen LogP contribution < -0.4 is 4.90 Å². The lowest BCUT2D eigenvalue weighted by molar-refractivity contribution is 1.30. The van der Waals surface area contributed by atoms with E-state index in [0.717, 1.165) is 49.7 Å². The first-order valence-corrected chi connectivity index (χ1v) is 12.7. The Morgan fingerprint density at radius 3 is 1.77 bits per heavy atom. The number of rotatable bonds is 5. The molecule has 0 spiro atoms. The Morgan fingerprint density at radius 2 is 1.15 bits per heavy atom. The lowest BCUT2D eigenvalue weighted by Gasteiger charge is -2.29. The van der Waals surface area contributed by atoms with Crippen molar-refractivity contribution in [2.45, 2.75) is 0 Å². The first-order valence-electron chi connectivity index (χ1n) is 12.7. The maximum Gasteiger partial charge on any atom is 0.100 e. The molecule has 0 saturated heterocycles. The molecule has 0 atom stereocenters. The van der Waals surface area contributed by atoms with E-state index in [9.17, 15) is 10.5 Å². The second-order valence-corrected chi connectivity index (χ2v) is 9.26. The van der Waals surface area contributed by atoms with Gasteiger partial charge in [0.15, 0.2) is 0 Å². The number of nitriles is 2. The Bertz CT molecular complexity index is 1870. The van der Waals surface area contributed by atoms with E-state index in [1.807, 2.05) is 91.0 Å². The van der Waals surface area contributed by atoms with E-state index in [4.69, 9.17) is 0 Å². The van der Waals surface area contributed by atoms with Gasteiger partial charge in [-0.05, 0) is 59.5 Å². The molecule has 0 bridgehead atoms. The lowest BCUT2D eigenvalue weighted by Crippen LogP contribution is -2.15. The Balaban J connectivity index is 1.70. The molecule has 6 aromatic carbocycles. The van der Waals surface area contributed by atoms with Gasteiger partial charge in [0, 0.05) is 33.1 Å². The Labute approximate surface area is 227 Å². The van der Waals surface area contributed by atoms with E-state index in [1.54, 1.807) is 0 Å². The smallest absolute Gasteiger partial charge is 0.100 e. The van der Waals surface area contributed by atoms with Crippen LogP contribution in [0.15, 0.2) is 133 Å². The quantitative estimate of drug-likeness (QED) is 0.176. The molecule has 6 rings (SSSR count). The monoisotopic (exact) mass is 497 g/mol. The van der Waals surface area contributed by atoms with E-state index in [2.05, 4.69) is 65.6 Å². The van der Waals surface area contributed by atoms with E-state index >= 15 is 0 Å². The van der Waals surface area contributed by atoms with Crippen LogP contribution in [0, 0.1) is 22.7 Å². The second-order valence-electron chi connectivity index (χ2n) is 9.26. The van der Waals surface area contributed by atoms with Gasteiger partial charge in [-0.15, -0.1) is 0 Å². The van der Waals surface area contributed by atoms with Gasteiger partial charge >= 0.3 is 0 Å². The zero-order valence-corrected chi connectivity index (χ0v) is 21.1. The van der Waals surface area contributed by atoms with Gasteiger partial charge in [-0.3, -0.25) is 0 Å². The lowest BCUT2D eigenvalue weighted by atomic mass is 9.92. The third-order valence-electron chi connectivity index (χ3n) is 6.88. The maximum absolute atomic E-state index is 10.3. The van der Waals surface area contributed by atoms with Gasteiger partial charge in [-0.2, -0.15) is 10.5 Å². The van der Waals surface area contributed by atoms with E-state index < -0.39 is 0 Å². The van der Waals surface area contributed by atoms with Crippen LogP contribution in [0.5, 0.6) is 0 Å². The van der Waals surface area contributed by atoms with Crippen molar-refractivity contribution in [1.82, 2.24) is 0 Å². The van der Waals surface area contributed by atoms with Crippen LogP contribution in [-0.4, -0.2) is 0 Å². The molecule has 0 heterocycles. The highest BCUT2D eigenvalue weighted by atomic mass is 15.1. The summed E-state index contributed by atoms with van der Waals surface area (Å²) < 4.78 is 0. The maximum atomic E-state index is 10.3. The van der Waals surface area contributed by atoms with Crippen LogP contribution >= 0.6 is 0 Å². The fourth-order valence-electron chi connectivity index (χ4n) is 5.09. The summed E-state index contributed by atoms with van der Waals surface area (Å²) in [5.74, 6) is 0. The van der Waals surface area contributed by atoms with Crippen molar-refractivity contribution in [2.75, 3.05) is 4.90 Å². The van der Waals surface area contributed by atoms with Crippen molar-refractivity contribution >= 4 is 44.7 Å². The summed E-state index contributed by atoms with van der Waals surface area (Å²) in [6, 6.07) is 49.2. The van der Waals surface area contributed by atoms with Crippen molar-refractivity contribution < 1.29 is 0 Å². The molecule has 0 fully saturated rings. The highest BCUT2D eigenvalue weighted by molar-refractivity contribution is 6.08. The Kier molecular flexibility index (Phi) is 6.32. The van der Waals surface area contributed by atoms with Crippen LogP contribution in [0.4, 0.5) is 11.4 Å². The van der Waals surface area contributed by atoms with Crippen molar-refractivity contribution in [2.24, 2.45) is 0 Å². The SMILES string of the molecule is N#Cc1cc(C(=Cc2ccccc2)N(c2ccccc2)c2ccccc2)cc2c(C#N)c3ccccc3cc12. The molecular formula is C36H23N3. The fraction of sp³-hybridized carbons (Fsp3) is 0. The van der Waals surface area contributed by atoms with E-state index in [0.29, 0.717) is 11.1 Å². The zero-order chi connectivity index (χ0) is 26.6. The third-order valence-corrected chi connectivity index (χ3v) is 6.88. The molecule has 3 nitrogen and oxygen atoms in total. The molecule has 182 valence electrons. The number of hydrogen-bond acceptors (Lipinski definition) is 3. The van der Waals surface area contributed by atoms with Crippen LogP contribution in [-0.2, 0) is 0 Å². The summed E-state index contributed by atoms with van der Waals surface area (Å²) >= 11 is 0. The minimum atomic E-state index is 0.532. The molecule has 0 radical (unpaired) electrons. The summed E-state index contributed by atoms with van der Waals surface area (Å²) in [6.07, 6.45) is 2.13. The number of benzene rings is 6. The van der Waals surface area contributed by atoms with Crippen molar-refractivity contribution in [3.05, 3.63) is 156 Å². The van der Waals surface area contributed by atoms with Crippen LogP contribution in [0.3, 0.4) is 0 Å². The average molecular weight is 498 g/mol. The summed E-state index contributed by atoms with van der Waals surface area (Å²) in [7, 11) is 0. The molecule has 0 unspecified atom stereocenters. The summed E-state index contributed by atoms with van der Waals surface area (Å²) in [6.45, 7) is 0. The predicted octanol–water partition coefficient (Wildman–Crippen LogP) is 9.07. The van der Waals surface area contributed by atoms with Crippen LogP contribution in [0.1, 0.15) is 22.3 Å². The number of anilines is 2. The molecule has 0 N–H and O–H groups in total. The average Bonchev–Trinajstić information content (AvgIpc) is 3.00.